The van der Waals surface area contributed by atoms with E-state index < -0.39 is 10.0 Å². The first kappa shape index (κ1) is 17.5. The lowest BCUT2D eigenvalue weighted by Gasteiger charge is -2.36. The number of piperazine rings is 1. The molecule has 1 amide bonds. The Bertz CT molecular complexity index is 638. The highest BCUT2D eigenvalue weighted by atomic mass is 32.2. The Labute approximate surface area is 138 Å². The van der Waals surface area contributed by atoms with E-state index in [2.05, 4.69) is 11.5 Å². The van der Waals surface area contributed by atoms with Crippen LogP contribution in [0.1, 0.15) is 0 Å². The van der Waals surface area contributed by atoms with Gasteiger partial charge in [0.25, 0.3) is 0 Å². The maximum Gasteiger partial charge on any atom is 0.238 e. The summed E-state index contributed by atoms with van der Waals surface area (Å²) in [5, 5.41) is 0. The number of rotatable bonds is 6. The summed E-state index contributed by atoms with van der Waals surface area (Å²) in [6, 6.07) is 10.1. The Hall–Kier alpha value is -1.86. The predicted octanol–water partition coefficient (Wildman–Crippen LogP) is 0.783. The number of carbonyl (C=O) groups excluding carboxylic acids is 1. The second kappa shape index (κ2) is 7.61. The minimum Gasteiger partial charge on any atom is -0.368 e. The molecule has 0 saturated carbocycles. The number of benzene rings is 1. The van der Waals surface area contributed by atoms with Crippen molar-refractivity contribution >= 4 is 21.6 Å². The average Bonchev–Trinajstić information content (AvgIpc) is 2.54. The zero-order chi connectivity index (χ0) is 16.9. The number of amides is 1. The highest BCUT2D eigenvalue weighted by Gasteiger charge is 2.25. The quantitative estimate of drug-likeness (QED) is 0.720. The molecule has 23 heavy (non-hydrogen) atoms. The van der Waals surface area contributed by atoms with Crippen molar-refractivity contribution in [3.63, 3.8) is 0 Å². The van der Waals surface area contributed by atoms with E-state index in [4.69, 9.17) is 0 Å². The highest BCUT2D eigenvalue weighted by Crippen LogP contribution is 2.15. The van der Waals surface area contributed by atoms with E-state index >= 15 is 0 Å². The summed E-state index contributed by atoms with van der Waals surface area (Å²) >= 11 is 0. The first-order valence-electron chi connectivity index (χ1n) is 7.55. The van der Waals surface area contributed by atoms with Crippen LogP contribution >= 0.6 is 0 Å². The van der Waals surface area contributed by atoms with Crippen LogP contribution in [-0.2, 0) is 14.8 Å². The van der Waals surface area contributed by atoms with Crippen LogP contribution in [0.15, 0.2) is 43.0 Å². The van der Waals surface area contributed by atoms with Gasteiger partial charge in [0.15, 0.2) is 0 Å². The third-order valence-corrected chi connectivity index (χ3v) is 5.08. The van der Waals surface area contributed by atoms with Crippen LogP contribution in [-0.4, -0.2) is 69.1 Å². The summed E-state index contributed by atoms with van der Waals surface area (Å²) < 4.78 is 24.5. The largest absolute Gasteiger partial charge is 0.368 e. The molecular weight excluding hydrogens is 314 g/mol. The molecule has 7 heteroatoms. The number of para-hydroxylation sites is 1. The van der Waals surface area contributed by atoms with E-state index in [1.165, 1.54) is 6.08 Å². The number of carbonyl (C=O) groups is 1. The monoisotopic (exact) mass is 337 g/mol. The van der Waals surface area contributed by atoms with E-state index in [9.17, 15) is 13.2 Å². The highest BCUT2D eigenvalue weighted by molar-refractivity contribution is 7.88. The van der Waals surface area contributed by atoms with Crippen LogP contribution in [0.5, 0.6) is 0 Å². The van der Waals surface area contributed by atoms with Crippen LogP contribution in [0.25, 0.3) is 0 Å². The van der Waals surface area contributed by atoms with Crippen LogP contribution in [0.3, 0.4) is 0 Å². The molecule has 1 aromatic carbocycles. The van der Waals surface area contributed by atoms with Gasteiger partial charge in [-0.3, -0.25) is 4.79 Å². The molecule has 1 fully saturated rings. The van der Waals surface area contributed by atoms with Gasteiger partial charge in [-0.15, -0.1) is 6.58 Å². The summed E-state index contributed by atoms with van der Waals surface area (Å²) in [5.41, 5.74) is 1.14. The van der Waals surface area contributed by atoms with Gasteiger partial charge in [0, 0.05) is 38.4 Å². The topological polar surface area (TPSA) is 60.9 Å². The summed E-state index contributed by atoms with van der Waals surface area (Å²) in [6.45, 7) is 6.24. The van der Waals surface area contributed by atoms with Crippen LogP contribution in [0.4, 0.5) is 5.69 Å². The summed E-state index contributed by atoms with van der Waals surface area (Å²) in [4.78, 5) is 16.3. The molecule has 126 valence electrons. The Kier molecular flexibility index (Phi) is 5.79. The number of hydrogen-bond acceptors (Lipinski definition) is 4. The fourth-order valence-corrected chi connectivity index (χ4v) is 3.29. The molecule has 0 N–H and O–H groups in total. The number of hydrogen-bond donors (Lipinski definition) is 0. The van der Waals surface area contributed by atoms with Crippen molar-refractivity contribution in [2.75, 3.05) is 50.4 Å². The van der Waals surface area contributed by atoms with Crippen LogP contribution < -0.4 is 4.90 Å². The van der Waals surface area contributed by atoms with Crippen molar-refractivity contribution in [3.05, 3.63) is 43.0 Å². The SMILES string of the molecule is C=CCN(CC(=O)N1CCN(c2ccccc2)CC1)S(C)(=O)=O. The van der Waals surface area contributed by atoms with Gasteiger partial charge in [0.2, 0.25) is 15.9 Å². The van der Waals surface area contributed by atoms with Gasteiger partial charge >= 0.3 is 0 Å². The Morgan fingerprint density at radius 1 is 1.22 bits per heavy atom. The van der Waals surface area contributed by atoms with Gasteiger partial charge < -0.3 is 9.80 Å². The standard InChI is InChI=1S/C16H23N3O3S/c1-3-9-19(23(2,21)22)14-16(20)18-12-10-17(11-13-18)15-7-5-4-6-8-15/h3-8H,1,9-14H2,2H3. The lowest BCUT2D eigenvalue weighted by molar-refractivity contribution is -0.131. The fourth-order valence-electron chi connectivity index (χ4n) is 2.56. The van der Waals surface area contributed by atoms with Gasteiger partial charge in [-0.2, -0.15) is 4.31 Å². The van der Waals surface area contributed by atoms with Crippen molar-refractivity contribution in [1.29, 1.82) is 0 Å². The molecule has 0 atom stereocenters. The fraction of sp³-hybridized carbons (Fsp3) is 0.438. The molecule has 1 aliphatic heterocycles. The van der Waals surface area contributed by atoms with Gasteiger partial charge in [0.05, 0.1) is 12.8 Å². The lowest BCUT2D eigenvalue weighted by atomic mass is 10.2. The molecule has 0 aliphatic carbocycles. The molecule has 0 bridgehead atoms. The minimum atomic E-state index is -3.41. The second-order valence-corrected chi connectivity index (χ2v) is 7.53. The first-order valence-corrected chi connectivity index (χ1v) is 9.40. The minimum absolute atomic E-state index is 0.129. The summed E-state index contributed by atoms with van der Waals surface area (Å²) in [7, 11) is -3.41. The molecule has 0 radical (unpaired) electrons. The van der Waals surface area contributed by atoms with Crippen LogP contribution in [0, 0.1) is 0 Å². The maximum absolute atomic E-state index is 12.3. The predicted molar refractivity (Wildman–Crippen MR) is 91.8 cm³/mol. The number of anilines is 1. The smallest absolute Gasteiger partial charge is 0.238 e. The molecule has 1 aromatic rings. The van der Waals surface area contributed by atoms with Gasteiger partial charge in [0.1, 0.15) is 0 Å². The molecule has 6 nitrogen and oxygen atoms in total. The molecule has 1 aliphatic rings. The number of sulfonamides is 1. The number of nitrogens with zero attached hydrogens (tertiary/aromatic N) is 3. The van der Waals surface area contributed by atoms with Gasteiger partial charge in [-0.05, 0) is 12.1 Å². The Morgan fingerprint density at radius 2 is 1.83 bits per heavy atom. The van der Waals surface area contributed by atoms with Gasteiger partial charge in [-0.1, -0.05) is 24.3 Å². The van der Waals surface area contributed by atoms with Crippen LogP contribution in [0.2, 0.25) is 0 Å². The third kappa shape index (κ3) is 4.80. The zero-order valence-electron chi connectivity index (χ0n) is 13.4. The van der Waals surface area contributed by atoms with Crippen molar-refractivity contribution < 1.29 is 13.2 Å². The maximum atomic E-state index is 12.3. The Morgan fingerprint density at radius 3 is 2.35 bits per heavy atom. The van der Waals surface area contributed by atoms with E-state index in [1.807, 2.05) is 30.3 Å². The average molecular weight is 337 g/mol. The molecule has 0 aromatic heterocycles. The van der Waals surface area contributed by atoms with Crippen molar-refractivity contribution in [1.82, 2.24) is 9.21 Å². The summed E-state index contributed by atoms with van der Waals surface area (Å²) in [6.07, 6.45) is 2.60. The van der Waals surface area contributed by atoms with E-state index in [0.29, 0.717) is 13.1 Å². The summed E-state index contributed by atoms with van der Waals surface area (Å²) in [5.74, 6) is -0.162. The molecule has 1 saturated heterocycles. The van der Waals surface area contributed by atoms with Crippen molar-refractivity contribution in [3.8, 4) is 0 Å². The molecule has 2 rings (SSSR count). The normalized spacial score (nSPS) is 15.7. The van der Waals surface area contributed by atoms with Crippen molar-refractivity contribution in [2.24, 2.45) is 0 Å². The zero-order valence-corrected chi connectivity index (χ0v) is 14.2. The van der Waals surface area contributed by atoms with E-state index in [1.54, 1.807) is 4.90 Å². The van der Waals surface area contributed by atoms with Crippen molar-refractivity contribution in [2.45, 2.75) is 0 Å². The molecule has 0 spiro atoms. The molecule has 0 unspecified atom stereocenters. The third-order valence-electron chi connectivity index (χ3n) is 3.87. The van der Waals surface area contributed by atoms with Gasteiger partial charge in [-0.25, -0.2) is 8.42 Å². The molecule has 1 heterocycles. The Balaban J connectivity index is 1.91. The first-order chi connectivity index (χ1) is 10.9. The van der Waals surface area contributed by atoms with E-state index in [-0.39, 0.29) is 19.0 Å². The molecular formula is C16H23N3O3S. The van der Waals surface area contributed by atoms with E-state index in [0.717, 1.165) is 29.3 Å². The second-order valence-electron chi connectivity index (χ2n) is 5.55. The lowest BCUT2D eigenvalue weighted by Crippen LogP contribution is -2.51.